The third kappa shape index (κ3) is 4.91. The van der Waals surface area contributed by atoms with E-state index in [1.807, 2.05) is 30.5 Å². The second-order valence-corrected chi connectivity index (χ2v) is 10.1. The van der Waals surface area contributed by atoms with Gasteiger partial charge in [-0.05, 0) is 86.3 Å². The number of H-pyrrole nitrogens is 1. The minimum atomic E-state index is 0.339. The molecule has 0 radical (unpaired) electrons. The Labute approximate surface area is 199 Å². The lowest BCUT2D eigenvalue weighted by molar-refractivity contribution is 0.109. The van der Waals surface area contributed by atoms with E-state index in [9.17, 15) is 5.11 Å². The van der Waals surface area contributed by atoms with Gasteiger partial charge >= 0.3 is 0 Å². The molecule has 2 aliphatic rings. The highest BCUT2D eigenvalue weighted by molar-refractivity contribution is 6.30. The van der Waals surface area contributed by atoms with Gasteiger partial charge in [-0.25, -0.2) is 9.97 Å². The lowest BCUT2D eigenvalue weighted by Gasteiger charge is -2.46. The molecule has 3 heterocycles. The van der Waals surface area contributed by atoms with Gasteiger partial charge in [0, 0.05) is 41.9 Å². The number of allylic oxidation sites excluding steroid dienone is 1. The number of nitrogens with zero attached hydrogens (tertiary/aromatic N) is 4. The number of benzene rings is 1. The number of nitrogens with one attached hydrogen (secondary N) is 1. The number of aliphatic hydroxyl groups is 1. The molecular formula is C26H30ClN5O. The maximum Gasteiger partial charge on any atom is 0.183 e. The molecule has 1 aliphatic carbocycles. The number of piperidine rings is 1. The van der Waals surface area contributed by atoms with Crippen LogP contribution in [0.5, 0.6) is 0 Å². The number of rotatable bonds is 5. The van der Waals surface area contributed by atoms with Crippen LogP contribution < -0.4 is 4.90 Å². The first-order chi connectivity index (χ1) is 16.0. The van der Waals surface area contributed by atoms with Crippen LogP contribution in [0.3, 0.4) is 0 Å². The standard InChI is InChI=1S/C26H30ClN5O/c1-18(33)16-19-8-10-26(11-9-19)12-14-32(15-13-26)23-7-4-21(17-28-23)25-29-24(30-31-25)20-2-5-22(27)6-3-20/h2-7,17,19,33H,1,8-16H2,(H,29,30,31). The lowest BCUT2D eigenvalue weighted by Crippen LogP contribution is -2.42. The molecule has 2 N–H and O–H groups in total. The molecule has 1 aromatic carbocycles. The Hall–Kier alpha value is -2.86. The smallest absolute Gasteiger partial charge is 0.183 e. The van der Waals surface area contributed by atoms with Crippen molar-refractivity contribution in [2.24, 2.45) is 11.3 Å². The predicted octanol–water partition coefficient (Wildman–Crippen LogP) is 6.43. The number of halogens is 1. The molecule has 2 fully saturated rings. The first-order valence-electron chi connectivity index (χ1n) is 11.8. The Morgan fingerprint density at radius 3 is 2.39 bits per heavy atom. The van der Waals surface area contributed by atoms with Crippen molar-refractivity contribution in [3.05, 3.63) is 60.0 Å². The second kappa shape index (κ2) is 9.18. The van der Waals surface area contributed by atoms with Crippen molar-refractivity contribution in [2.75, 3.05) is 18.0 Å². The summed E-state index contributed by atoms with van der Waals surface area (Å²) < 4.78 is 0. The van der Waals surface area contributed by atoms with Crippen LogP contribution in [0.1, 0.15) is 44.9 Å². The highest BCUT2D eigenvalue weighted by atomic mass is 35.5. The third-order valence-corrected chi connectivity index (χ3v) is 7.70. The zero-order valence-electron chi connectivity index (χ0n) is 18.8. The minimum absolute atomic E-state index is 0.339. The van der Waals surface area contributed by atoms with Crippen LogP contribution in [0.25, 0.3) is 22.8 Å². The lowest BCUT2D eigenvalue weighted by atomic mass is 9.65. The summed E-state index contributed by atoms with van der Waals surface area (Å²) in [7, 11) is 0. The Kier molecular flexibility index (Phi) is 6.11. The highest BCUT2D eigenvalue weighted by Crippen LogP contribution is 2.47. The molecule has 5 rings (SSSR count). The molecule has 1 saturated carbocycles. The molecule has 0 unspecified atom stereocenters. The molecule has 1 saturated heterocycles. The summed E-state index contributed by atoms with van der Waals surface area (Å²) in [6.45, 7) is 5.76. The molecule has 1 aliphatic heterocycles. The number of anilines is 1. The van der Waals surface area contributed by atoms with Crippen LogP contribution in [0.4, 0.5) is 5.82 Å². The molecule has 0 bridgehead atoms. The molecule has 7 heteroatoms. The first kappa shape index (κ1) is 22.0. The maximum atomic E-state index is 9.50. The van der Waals surface area contributed by atoms with Gasteiger partial charge in [0.1, 0.15) is 5.82 Å². The first-order valence-corrected chi connectivity index (χ1v) is 12.1. The molecule has 33 heavy (non-hydrogen) atoms. The van der Waals surface area contributed by atoms with E-state index in [1.54, 1.807) is 0 Å². The van der Waals surface area contributed by atoms with Gasteiger partial charge in [0.2, 0.25) is 0 Å². The van der Waals surface area contributed by atoms with Crippen molar-refractivity contribution in [3.63, 3.8) is 0 Å². The SMILES string of the molecule is C=C(O)CC1CCC2(CC1)CCN(c1ccc(-c3n[nH]c(-c4ccc(Cl)cc4)n3)cn1)CC2. The van der Waals surface area contributed by atoms with Crippen molar-refractivity contribution in [1.82, 2.24) is 20.2 Å². The fourth-order valence-electron chi connectivity index (χ4n) is 5.37. The Morgan fingerprint density at radius 2 is 1.76 bits per heavy atom. The van der Waals surface area contributed by atoms with Gasteiger partial charge < -0.3 is 10.0 Å². The van der Waals surface area contributed by atoms with Crippen LogP contribution in [-0.2, 0) is 0 Å². The van der Waals surface area contributed by atoms with Crippen molar-refractivity contribution in [2.45, 2.75) is 44.9 Å². The monoisotopic (exact) mass is 463 g/mol. The molecule has 2 aromatic heterocycles. The Balaban J connectivity index is 1.19. The summed E-state index contributed by atoms with van der Waals surface area (Å²) in [6, 6.07) is 11.7. The summed E-state index contributed by atoms with van der Waals surface area (Å²) in [6.07, 6.45) is 10.0. The average molecular weight is 464 g/mol. The van der Waals surface area contributed by atoms with Gasteiger partial charge in [-0.2, -0.15) is 5.10 Å². The molecule has 172 valence electrons. The van der Waals surface area contributed by atoms with Crippen molar-refractivity contribution in [1.29, 1.82) is 0 Å². The third-order valence-electron chi connectivity index (χ3n) is 7.45. The van der Waals surface area contributed by atoms with Gasteiger partial charge in [-0.1, -0.05) is 18.2 Å². The predicted molar refractivity (Wildman–Crippen MR) is 132 cm³/mol. The molecule has 0 amide bonds. The van der Waals surface area contributed by atoms with Crippen LogP contribution in [-0.4, -0.2) is 38.4 Å². The van der Waals surface area contributed by atoms with E-state index in [4.69, 9.17) is 16.6 Å². The number of aromatic amines is 1. The Bertz CT molecular complexity index is 1090. The molecule has 0 atom stereocenters. The van der Waals surface area contributed by atoms with Crippen LogP contribution in [0.15, 0.2) is 54.9 Å². The van der Waals surface area contributed by atoms with Gasteiger partial charge in [0.05, 0.1) is 5.76 Å². The average Bonchev–Trinajstić information content (AvgIpc) is 3.32. The van der Waals surface area contributed by atoms with E-state index in [-0.39, 0.29) is 0 Å². The fourth-order valence-corrected chi connectivity index (χ4v) is 5.50. The Morgan fingerprint density at radius 1 is 1.06 bits per heavy atom. The molecule has 3 aromatic rings. The summed E-state index contributed by atoms with van der Waals surface area (Å²) in [4.78, 5) is 11.7. The molecular weight excluding hydrogens is 434 g/mol. The second-order valence-electron chi connectivity index (χ2n) is 9.62. The van der Waals surface area contributed by atoms with E-state index in [1.165, 1.54) is 38.5 Å². The van der Waals surface area contributed by atoms with Gasteiger partial charge in [-0.3, -0.25) is 5.10 Å². The summed E-state index contributed by atoms with van der Waals surface area (Å²) in [5, 5.41) is 17.6. The fraction of sp³-hybridized carbons (Fsp3) is 0.423. The minimum Gasteiger partial charge on any atom is -0.513 e. The van der Waals surface area contributed by atoms with Crippen LogP contribution >= 0.6 is 11.6 Å². The topological polar surface area (TPSA) is 77.9 Å². The number of aromatic nitrogens is 4. The van der Waals surface area contributed by atoms with Crippen molar-refractivity contribution >= 4 is 17.4 Å². The number of hydrogen-bond acceptors (Lipinski definition) is 5. The van der Waals surface area contributed by atoms with Crippen LogP contribution in [0.2, 0.25) is 5.02 Å². The molecule has 1 spiro atoms. The van der Waals surface area contributed by atoms with E-state index < -0.39 is 0 Å². The largest absolute Gasteiger partial charge is 0.513 e. The maximum absolute atomic E-state index is 9.50. The van der Waals surface area contributed by atoms with E-state index in [0.29, 0.717) is 33.8 Å². The van der Waals surface area contributed by atoms with E-state index in [2.05, 4.69) is 38.8 Å². The van der Waals surface area contributed by atoms with E-state index >= 15 is 0 Å². The quantitative estimate of drug-likeness (QED) is 0.426. The van der Waals surface area contributed by atoms with Crippen LogP contribution in [0, 0.1) is 11.3 Å². The highest BCUT2D eigenvalue weighted by Gasteiger charge is 2.38. The number of pyridine rings is 1. The summed E-state index contributed by atoms with van der Waals surface area (Å²) in [5.41, 5.74) is 2.31. The van der Waals surface area contributed by atoms with E-state index in [0.717, 1.165) is 36.5 Å². The van der Waals surface area contributed by atoms with Crippen molar-refractivity contribution in [3.8, 4) is 22.8 Å². The summed E-state index contributed by atoms with van der Waals surface area (Å²) >= 11 is 5.97. The normalized spacial score (nSPS) is 18.5. The zero-order chi connectivity index (χ0) is 22.8. The van der Waals surface area contributed by atoms with Gasteiger partial charge in [0.15, 0.2) is 11.6 Å². The molecule has 6 nitrogen and oxygen atoms in total. The zero-order valence-corrected chi connectivity index (χ0v) is 19.6. The van der Waals surface area contributed by atoms with Gasteiger partial charge in [0.25, 0.3) is 0 Å². The summed E-state index contributed by atoms with van der Waals surface area (Å²) in [5.74, 6) is 3.32. The number of hydrogen-bond donors (Lipinski definition) is 2. The van der Waals surface area contributed by atoms with Gasteiger partial charge in [-0.15, -0.1) is 0 Å². The number of aliphatic hydroxyl groups excluding tert-OH is 1. The van der Waals surface area contributed by atoms with Crippen molar-refractivity contribution < 1.29 is 5.11 Å².